The van der Waals surface area contributed by atoms with Crippen molar-refractivity contribution in [1.29, 1.82) is 0 Å². The largest absolute Gasteiger partial charge is 0.417 e. The summed E-state index contributed by atoms with van der Waals surface area (Å²) in [7, 11) is 1.49. The molecule has 13 heteroatoms. The van der Waals surface area contributed by atoms with Gasteiger partial charge in [0.1, 0.15) is 11.6 Å². The predicted octanol–water partition coefficient (Wildman–Crippen LogP) is 4.73. The number of piperazine rings is 1. The molecular weight excluding hydrogens is 562 g/mol. The Morgan fingerprint density at radius 1 is 1.12 bits per heavy atom. The first-order valence-electron chi connectivity index (χ1n) is 13.0. The van der Waals surface area contributed by atoms with E-state index in [1.54, 1.807) is 9.80 Å². The summed E-state index contributed by atoms with van der Waals surface area (Å²) in [6, 6.07) is 4.49. The van der Waals surface area contributed by atoms with Crippen molar-refractivity contribution in [3.63, 3.8) is 0 Å². The summed E-state index contributed by atoms with van der Waals surface area (Å²) in [5, 5.41) is 0.564. The fraction of sp³-hybridized carbons (Fsp3) is 0.357. The summed E-state index contributed by atoms with van der Waals surface area (Å²) in [6.07, 6.45) is -2.04. The first kappa shape index (κ1) is 27.5. The third-order valence-corrected chi connectivity index (χ3v) is 8.89. The van der Waals surface area contributed by atoms with Crippen molar-refractivity contribution >= 4 is 45.2 Å². The summed E-state index contributed by atoms with van der Waals surface area (Å²) in [4.78, 5) is 37.4. The fourth-order valence-corrected chi connectivity index (χ4v) is 7.06. The highest BCUT2D eigenvalue weighted by molar-refractivity contribution is 7.99. The van der Waals surface area contributed by atoms with Crippen LogP contribution in [-0.4, -0.2) is 71.0 Å². The van der Waals surface area contributed by atoms with E-state index in [9.17, 15) is 27.2 Å². The zero-order valence-electron chi connectivity index (χ0n) is 22.2. The van der Waals surface area contributed by atoms with Gasteiger partial charge in [0.2, 0.25) is 5.91 Å². The zero-order valence-corrected chi connectivity index (χ0v) is 23.0. The van der Waals surface area contributed by atoms with E-state index in [0.717, 1.165) is 12.1 Å². The van der Waals surface area contributed by atoms with Gasteiger partial charge in [0.15, 0.2) is 0 Å². The highest BCUT2D eigenvalue weighted by Gasteiger charge is 2.40. The van der Waals surface area contributed by atoms with Crippen LogP contribution in [0.1, 0.15) is 18.5 Å². The van der Waals surface area contributed by atoms with Crippen LogP contribution >= 0.6 is 11.8 Å². The first-order valence-corrected chi connectivity index (χ1v) is 13.9. The van der Waals surface area contributed by atoms with Crippen LogP contribution in [0.3, 0.4) is 0 Å². The second-order valence-electron chi connectivity index (χ2n) is 10.0. The zero-order chi connectivity index (χ0) is 29.1. The maximum Gasteiger partial charge on any atom is 0.417 e. The van der Waals surface area contributed by atoms with Crippen molar-refractivity contribution in [2.75, 3.05) is 50.5 Å². The van der Waals surface area contributed by atoms with E-state index in [4.69, 9.17) is 4.74 Å². The van der Waals surface area contributed by atoms with Crippen molar-refractivity contribution in [2.24, 2.45) is 0 Å². The number of carbonyl (C=O) groups excluding carboxylic acids is 1. The average Bonchev–Trinajstić information content (AvgIpc) is 2.95. The molecule has 41 heavy (non-hydrogen) atoms. The Kier molecular flexibility index (Phi) is 6.89. The summed E-state index contributed by atoms with van der Waals surface area (Å²) in [6.45, 7) is 2.96. The maximum atomic E-state index is 14.9. The van der Waals surface area contributed by atoms with E-state index in [-0.39, 0.29) is 56.3 Å². The van der Waals surface area contributed by atoms with Crippen LogP contribution in [0.2, 0.25) is 0 Å². The number of amides is 1. The van der Waals surface area contributed by atoms with E-state index >= 15 is 0 Å². The molecule has 214 valence electrons. The molecule has 0 aliphatic carbocycles. The summed E-state index contributed by atoms with van der Waals surface area (Å²) in [5.41, 5.74) is -1.14. The number of rotatable bonds is 4. The molecule has 1 amide bonds. The Morgan fingerprint density at radius 2 is 1.88 bits per heavy atom. The van der Waals surface area contributed by atoms with Gasteiger partial charge in [0.25, 0.3) is 0 Å². The highest BCUT2D eigenvalue weighted by Crippen LogP contribution is 2.51. The highest BCUT2D eigenvalue weighted by atomic mass is 32.2. The Bertz CT molecular complexity index is 1750. The monoisotopic (exact) mass is 587 g/mol. The molecule has 2 aliphatic rings. The van der Waals surface area contributed by atoms with Crippen LogP contribution in [-0.2, 0) is 15.7 Å². The minimum absolute atomic E-state index is 0.0987. The van der Waals surface area contributed by atoms with Gasteiger partial charge in [-0.25, -0.2) is 9.18 Å². The normalized spacial score (nSPS) is 17.5. The molecular formula is C28H25F4N5O3S. The molecule has 0 saturated carbocycles. The molecule has 0 radical (unpaired) electrons. The molecule has 2 aromatic carbocycles. The topological polar surface area (TPSA) is 80.6 Å². The van der Waals surface area contributed by atoms with Gasteiger partial charge >= 0.3 is 11.9 Å². The van der Waals surface area contributed by atoms with Crippen molar-refractivity contribution in [2.45, 2.75) is 24.0 Å². The number of methoxy groups -OCH3 is 1. The van der Waals surface area contributed by atoms with Crippen LogP contribution in [0.4, 0.5) is 23.4 Å². The van der Waals surface area contributed by atoms with Gasteiger partial charge in [-0.2, -0.15) is 18.2 Å². The molecule has 0 N–H and O–H groups in total. The number of benzene rings is 2. The van der Waals surface area contributed by atoms with Crippen LogP contribution in [0, 0.1) is 5.82 Å². The van der Waals surface area contributed by atoms with Gasteiger partial charge in [-0.3, -0.25) is 14.3 Å². The second kappa shape index (κ2) is 10.3. The number of anilines is 1. The lowest BCUT2D eigenvalue weighted by molar-refractivity contribution is -0.137. The van der Waals surface area contributed by atoms with Crippen LogP contribution in [0.5, 0.6) is 0 Å². The summed E-state index contributed by atoms with van der Waals surface area (Å²) < 4.78 is 66.2. The van der Waals surface area contributed by atoms with Gasteiger partial charge in [-0.1, -0.05) is 6.07 Å². The molecule has 1 unspecified atom stereocenters. The number of nitrogens with zero attached hydrogens (tertiary/aromatic N) is 5. The number of hydrogen-bond acceptors (Lipinski definition) is 7. The summed E-state index contributed by atoms with van der Waals surface area (Å²) >= 11 is 1.21. The quantitative estimate of drug-likeness (QED) is 0.320. The fourth-order valence-electron chi connectivity index (χ4n) is 5.74. The van der Waals surface area contributed by atoms with Gasteiger partial charge in [-0.05, 0) is 23.8 Å². The van der Waals surface area contributed by atoms with E-state index in [1.807, 2.05) is 0 Å². The van der Waals surface area contributed by atoms with E-state index < -0.39 is 29.3 Å². The molecule has 8 nitrogen and oxygen atoms in total. The average molecular weight is 588 g/mol. The van der Waals surface area contributed by atoms with Crippen LogP contribution < -0.4 is 10.6 Å². The number of fused-ring (bicyclic) bond motifs is 1. The number of hydrogen-bond donors (Lipinski definition) is 0. The number of halogens is 4. The van der Waals surface area contributed by atoms with Gasteiger partial charge in [-0.15, -0.1) is 11.8 Å². The minimum atomic E-state index is -4.78. The number of pyridine rings is 1. The molecule has 6 rings (SSSR count). The standard InChI is InChI=1S/C28H25F4N5O3S/c1-15(38)35-7-9-36(10-8-35)26-19-11-21(28(30,31)32)23(18-3-4-22(29)17-5-6-33-12-20(17)18)25-24(19)37(27(39)34-26)16(13-40-2)14-41-25/h3-6,11-12,16H,7-10,13-14H2,1-2H3. The predicted molar refractivity (Wildman–Crippen MR) is 148 cm³/mol. The molecule has 4 heterocycles. The molecule has 1 fully saturated rings. The number of aromatic nitrogens is 3. The molecule has 2 aromatic heterocycles. The number of carbonyl (C=O) groups is 1. The van der Waals surface area contributed by atoms with Crippen molar-refractivity contribution < 1.29 is 27.1 Å². The minimum Gasteiger partial charge on any atom is -0.383 e. The molecule has 0 spiro atoms. The number of thioether (sulfide) groups is 1. The molecule has 0 bridgehead atoms. The second-order valence-corrected chi connectivity index (χ2v) is 11.1. The molecule has 1 atom stereocenters. The lowest BCUT2D eigenvalue weighted by Crippen LogP contribution is -2.49. The maximum absolute atomic E-state index is 14.9. The Labute approximate surface area is 235 Å². The Balaban J connectivity index is 1.70. The third-order valence-electron chi connectivity index (χ3n) is 7.65. The number of ether oxygens (including phenoxy) is 1. The molecule has 4 aromatic rings. The van der Waals surface area contributed by atoms with Crippen LogP contribution in [0.25, 0.3) is 32.8 Å². The van der Waals surface area contributed by atoms with Gasteiger partial charge in [0.05, 0.1) is 23.7 Å². The lowest BCUT2D eigenvalue weighted by Gasteiger charge is -2.36. The Morgan fingerprint density at radius 3 is 2.56 bits per heavy atom. The smallest absolute Gasteiger partial charge is 0.383 e. The summed E-state index contributed by atoms with van der Waals surface area (Å²) in [5.74, 6) is -0.250. The SMILES string of the molecule is COCC1CSc2c(-c3ccc(F)c4ccncc34)c(C(F)(F)F)cc3c(N4CCN(C(C)=O)CC4)nc(=O)n1c23. The third kappa shape index (κ3) is 4.60. The van der Waals surface area contributed by atoms with Gasteiger partial charge < -0.3 is 14.5 Å². The van der Waals surface area contributed by atoms with E-state index in [0.29, 0.717) is 31.7 Å². The van der Waals surface area contributed by atoms with Crippen LogP contribution in [0.15, 0.2) is 46.3 Å². The van der Waals surface area contributed by atoms with Crippen molar-refractivity contribution in [3.05, 3.63) is 58.5 Å². The van der Waals surface area contributed by atoms with E-state index in [2.05, 4.69) is 9.97 Å². The first-order chi connectivity index (χ1) is 19.6. The van der Waals surface area contributed by atoms with Crippen molar-refractivity contribution in [1.82, 2.24) is 19.4 Å². The number of alkyl halides is 3. The van der Waals surface area contributed by atoms with Crippen molar-refractivity contribution in [3.8, 4) is 11.1 Å². The molecule has 2 aliphatic heterocycles. The van der Waals surface area contributed by atoms with E-state index in [1.165, 1.54) is 54.9 Å². The Hall–Kier alpha value is -3.71. The molecule has 1 saturated heterocycles. The lowest BCUT2D eigenvalue weighted by atomic mass is 9.93. The van der Waals surface area contributed by atoms with Gasteiger partial charge in [0, 0.05) is 85.0 Å².